The van der Waals surface area contributed by atoms with Crippen LogP contribution in [0.3, 0.4) is 0 Å². The predicted octanol–water partition coefficient (Wildman–Crippen LogP) is 2.50. The van der Waals surface area contributed by atoms with E-state index in [1.807, 2.05) is 18.2 Å². The van der Waals surface area contributed by atoms with Crippen LogP contribution in [-0.4, -0.2) is 40.4 Å². The van der Waals surface area contributed by atoms with Crippen molar-refractivity contribution in [1.82, 2.24) is 0 Å². The minimum Gasteiger partial charge on any atom is -0.496 e. The average Bonchev–Trinajstić information content (AvgIpc) is 2.35. The van der Waals surface area contributed by atoms with Crippen molar-refractivity contribution in [1.29, 1.82) is 0 Å². The van der Waals surface area contributed by atoms with Gasteiger partial charge in [-0.05, 0) is 39.7 Å². The minimum atomic E-state index is -0.298. The van der Waals surface area contributed by atoms with Crippen LogP contribution in [0.1, 0.15) is 5.56 Å². The molecule has 0 heterocycles. The molecule has 0 aliphatic rings. The zero-order chi connectivity index (χ0) is 12.7. The number of aliphatic imine (C=N–C) groups is 1. The zero-order valence-electron chi connectivity index (χ0n) is 10.1. The van der Waals surface area contributed by atoms with E-state index in [0.29, 0.717) is 6.54 Å². The highest BCUT2D eigenvalue weighted by atomic mass is 79.9. The maximum absolute atomic E-state index is 5.15. The summed E-state index contributed by atoms with van der Waals surface area (Å²) in [6, 6.07) is 5.76. The topological polar surface area (TPSA) is 40.0 Å². The van der Waals surface area contributed by atoms with E-state index in [0.717, 1.165) is 15.8 Å². The van der Waals surface area contributed by atoms with Crippen LogP contribution in [0.25, 0.3) is 0 Å². The lowest BCUT2D eigenvalue weighted by Crippen LogP contribution is -2.16. The summed E-state index contributed by atoms with van der Waals surface area (Å²) in [6.07, 6.45) is 1.47. The molecule has 0 bridgehead atoms. The molecule has 0 N–H and O–H groups in total. The van der Waals surface area contributed by atoms with Gasteiger partial charge in [0.15, 0.2) is 6.29 Å². The van der Waals surface area contributed by atoms with Crippen LogP contribution in [0.4, 0.5) is 0 Å². The molecular weight excluding hydrogens is 286 g/mol. The van der Waals surface area contributed by atoms with Crippen molar-refractivity contribution in [2.45, 2.75) is 6.29 Å². The van der Waals surface area contributed by atoms with Gasteiger partial charge >= 0.3 is 0 Å². The van der Waals surface area contributed by atoms with Crippen LogP contribution < -0.4 is 4.74 Å². The van der Waals surface area contributed by atoms with E-state index in [9.17, 15) is 0 Å². The largest absolute Gasteiger partial charge is 0.496 e. The molecule has 0 aliphatic carbocycles. The monoisotopic (exact) mass is 301 g/mol. The molecule has 0 saturated carbocycles. The van der Waals surface area contributed by atoms with Crippen LogP contribution in [0.2, 0.25) is 0 Å². The third-order valence-electron chi connectivity index (χ3n) is 2.20. The van der Waals surface area contributed by atoms with Gasteiger partial charge in [-0.1, -0.05) is 0 Å². The summed E-state index contributed by atoms with van der Waals surface area (Å²) < 4.78 is 16.1. The summed E-state index contributed by atoms with van der Waals surface area (Å²) in [7, 11) is 4.82. The Hall–Kier alpha value is -0.910. The molecule has 0 radical (unpaired) electrons. The second kappa shape index (κ2) is 7.42. The summed E-state index contributed by atoms with van der Waals surface area (Å²) >= 11 is 3.42. The number of rotatable bonds is 6. The fourth-order valence-electron chi connectivity index (χ4n) is 1.25. The molecule has 0 aromatic heterocycles. The third-order valence-corrected chi connectivity index (χ3v) is 2.82. The molecule has 0 aliphatic heterocycles. The van der Waals surface area contributed by atoms with Crippen LogP contribution in [-0.2, 0) is 9.47 Å². The fourth-order valence-corrected chi connectivity index (χ4v) is 1.81. The van der Waals surface area contributed by atoms with E-state index in [2.05, 4.69) is 20.9 Å². The first kappa shape index (κ1) is 14.2. The molecule has 0 fully saturated rings. The molecule has 1 aromatic carbocycles. The Kier molecular flexibility index (Phi) is 6.18. The lowest BCUT2D eigenvalue weighted by molar-refractivity contribution is -0.0936. The molecule has 0 spiro atoms. The fraction of sp³-hybridized carbons (Fsp3) is 0.417. The Balaban J connectivity index is 2.62. The van der Waals surface area contributed by atoms with Crippen molar-refractivity contribution in [2.75, 3.05) is 27.9 Å². The number of halogens is 1. The van der Waals surface area contributed by atoms with Crippen LogP contribution in [0.15, 0.2) is 27.7 Å². The van der Waals surface area contributed by atoms with Gasteiger partial charge in [0.25, 0.3) is 0 Å². The van der Waals surface area contributed by atoms with Crippen molar-refractivity contribution in [2.24, 2.45) is 4.99 Å². The first-order valence-corrected chi connectivity index (χ1v) is 5.89. The van der Waals surface area contributed by atoms with Gasteiger partial charge in [0, 0.05) is 20.4 Å². The summed E-state index contributed by atoms with van der Waals surface area (Å²) in [4.78, 5) is 4.24. The van der Waals surface area contributed by atoms with Gasteiger partial charge in [0.1, 0.15) is 5.75 Å². The number of methoxy groups -OCH3 is 3. The standard InChI is InChI=1S/C12H16BrNO3/c1-15-11-5-4-9(6-10(11)13)7-14-8-12(16-2)17-3/h4-7,12H,8H2,1-3H3/b14-7+. The van der Waals surface area contributed by atoms with E-state index in [4.69, 9.17) is 14.2 Å². The Morgan fingerprint density at radius 1 is 1.29 bits per heavy atom. The number of hydrogen-bond donors (Lipinski definition) is 0. The minimum absolute atomic E-state index is 0.298. The summed E-state index contributed by atoms with van der Waals surface area (Å²) in [5, 5.41) is 0. The number of hydrogen-bond acceptors (Lipinski definition) is 4. The molecule has 94 valence electrons. The predicted molar refractivity (Wildman–Crippen MR) is 71.0 cm³/mol. The Bertz CT molecular complexity index is 378. The van der Waals surface area contributed by atoms with Crippen molar-refractivity contribution >= 4 is 22.1 Å². The molecule has 0 unspecified atom stereocenters. The van der Waals surface area contributed by atoms with E-state index in [1.165, 1.54) is 0 Å². The van der Waals surface area contributed by atoms with Crippen LogP contribution in [0, 0.1) is 0 Å². The number of nitrogens with zero attached hydrogens (tertiary/aromatic N) is 1. The first-order chi connectivity index (χ1) is 8.21. The summed E-state index contributed by atoms with van der Waals surface area (Å²) in [5.41, 5.74) is 0.989. The number of benzene rings is 1. The highest BCUT2D eigenvalue weighted by Crippen LogP contribution is 2.24. The highest BCUT2D eigenvalue weighted by Gasteiger charge is 2.02. The van der Waals surface area contributed by atoms with Gasteiger partial charge in [-0.2, -0.15) is 0 Å². The first-order valence-electron chi connectivity index (χ1n) is 5.10. The van der Waals surface area contributed by atoms with Gasteiger partial charge in [0.05, 0.1) is 18.1 Å². The lowest BCUT2D eigenvalue weighted by atomic mass is 10.2. The van der Waals surface area contributed by atoms with E-state index >= 15 is 0 Å². The van der Waals surface area contributed by atoms with Crippen molar-refractivity contribution in [3.05, 3.63) is 28.2 Å². The smallest absolute Gasteiger partial charge is 0.176 e. The zero-order valence-corrected chi connectivity index (χ0v) is 11.7. The molecule has 0 amide bonds. The lowest BCUT2D eigenvalue weighted by Gasteiger charge is -2.09. The van der Waals surface area contributed by atoms with Gasteiger partial charge in [-0.25, -0.2) is 0 Å². The third kappa shape index (κ3) is 4.46. The second-order valence-electron chi connectivity index (χ2n) is 3.29. The van der Waals surface area contributed by atoms with Crippen molar-refractivity contribution < 1.29 is 14.2 Å². The Labute approximate surface area is 110 Å². The van der Waals surface area contributed by atoms with Crippen LogP contribution in [0.5, 0.6) is 5.75 Å². The highest BCUT2D eigenvalue weighted by molar-refractivity contribution is 9.10. The average molecular weight is 302 g/mol. The quantitative estimate of drug-likeness (QED) is 0.599. The molecular formula is C12H16BrNO3. The molecule has 17 heavy (non-hydrogen) atoms. The maximum Gasteiger partial charge on any atom is 0.176 e. The van der Waals surface area contributed by atoms with Gasteiger partial charge in [-0.15, -0.1) is 0 Å². The van der Waals surface area contributed by atoms with Crippen molar-refractivity contribution in [3.8, 4) is 5.75 Å². The van der Waals surface area contributed by atoms with E-state index in [1.54, 1.807) is 27.5 Å². The van der Waals surface area contributed by atoms with Gasteiger partial charge in [0.2, 0.25) is 0 Å². The molecule has 0 atom stereocenters. The second-order valence-corrected chi connectivity index (χ2v) is 4.14. The van der Waals surface area contributed by atoms with E-state index in [-0.39, 0.29) is 6.29 Å². The molecule has 0 saturated heterocycles. The molecule has 4 nitrogen and oxygen atoms in total. The summed E-state index contributed by atoms with van der Waals surface area (Å²) in [5.74, 6) is 0.800. The van der Waals surface area contributed by atoms with Gasteiger partial charge in [-0.3, -0.25) is 4.99 Å². The van der Waals surface area contributed by atoms with Crippen molar-refractivity contribution in [3.63, 3.8) is 0 Å². The molecule has 1 aromatic rings. The summed E-state index contributed by atoms with van der Waals surface area (Å²) in [6.45, 7) is 0.469. The van der Waals surface area contributed by atoms with E-state index < -0.39 is 0 Å². The maximum atomic E-state index is 5.15. The molecule has 5 heteroatoms. The number of ether oxygens (including phenoxy) is 3. The Morgan fingerprint density at radius 3 is 2.53 bits per heavy atom. The van der Waals surface area contributed by atoms with Crippen LogP contribution >= 0.6 is 15.9 Å². The Morgan fingerprint density at radius 2 is 2.00 bits per heavy atom. The molecule has 1 rings (SSSR count). The SMILES string of the molecule is COc1ccc(/C=N/CC(OC)OC)cc1Br. The normalized spacial score (nSPS) is 11.4. The van der Waals surface area contributed by atoms with Gasteiger partial charge < -0.3 is 14.2 Å².